The van der Waals surface area contributed by atoms with Crippen LogP contribution in [-0.2, 0) is 4.74 Å². The van der Waals surface area contributed by atoms with Gasteiger partial charge in [-0.3, -0.25) is 0 Å². The molecule has 2 heterocycles. The Bertz CT molecular complexity index is 748. The second-order valence-corrected chi connectivity index (χ2v) is 6.73. The van der Waals surface area contributed by atoms with Crippen molar-refractivity contribution in [2.75, 3.05) is 45.7 Å². The molecule has 0 saturated carbocycles. The van der Waals surface area contributed by atoms with Gasteiger partial charge in [0.05, 0.1) is 17.5 Å². The van der Waals surface area contributed by atoms with Crippen LogP contribution in [0.15, 0.2) is 24.5 Å². The van der Waals surface area contributed by atoms with Crippen LogP contribution >= 0.6 is 0 Å². The van der Waals surface area contributed by atoms with Crippen molar-refractivity contribution in [3.63, 3.8) is 0 Å². The summed E-state index contributed by atoms with van der Waals surface area (Å²) < 4.78 is 21.3. The zero-order valence-corrected chi connectivity index (χ0v) is 15.5. The van der Waals surface area contributed by atoms with E-state index in [-0.39, 0.29) is 17.8 Å². The molecule has 1 aliphatic rings. The number of nitrogens with zero attached hydrogens (tertiary/aromatic N) is 6. The van der Waals surface area contributed by atoms with Crippen LogP contribution < -0.4 is 5.32 Å². The monoisotopic (exact) mass is 377 g/mol. The molecule has 1 N–H and O–H groups in total. The van der Waals surface area contributed by atoms with Gasteiger partial charge >= 0.3 is 6.03 Å². The van der Waals surface area contributed by atoms with Gasteiger partial charge in [-0.15, -0.1) is 5.10 Å². The number of carbonyl (C=O) groups excluding carboxylic acids is 1. The van der Waals surface area contributed by atoms with Crippen LogP contribution in [0.1, 0.15) is 12.8 Å². The van der Waals surface area contributed by atoms with E-state index in [0.717, 1.165) is 19.4 Å². The predicted octanol–water partition coefficient (Wildman–Crippen LogP) is 1.38. The number of likely N-dealkylation sites (N-methyl/N-ethyl adjacent to an activating group) is 1. The van der Waals surface area contributed by atoms with E-state index >= 15 is 0 Å². The largest absolute Gasteiger partial charge is 0.376 e. The number of urea groups is 1. The van der Waals surface area contributed by atoms with Crippen molar-refractivity contribution < 1.29 is 13.9 Å². The van der Waals surface area contributed by atoms with Gasteiger partial charge < -0.3 is 19.9 Å². The number of nitrogens with one attached hydrogen (secondary N) is 1. The molecule has 146 valence electrons. The summed E-state index contributed by atoms with van der Waals surface area (Å²) in [6.07, 6.45) is 3.35. The van der Waals surface area contributed by atoms with Crippen molar-refractivity contribution >= 4 is 11.7 Å². The van der Waals surface area contributed by atoms with E-state index in [1.807, 2.05) is 19.0 Å². The summed E-state index contributed by atoms with van der Waals surface area (Å²) in [7, 11) is 3.88. The number of carbonyl (C=O) groups is 1. The molecule has 0 radical (unpaired) electrons. The maximum Gasteiger partial charge on any atom is 0.322 e. The number of amides is 2. The SMILES string of the molecule is CN(C)CCN(C[C@H]1CCCO1)C(=O)Nc1cc(-n2cnnn2)ccc1F. The Balaban J connectivity index is 1.72. The van der Waals surface area contributed by atoms with Gasteiger partial charge in [-0.25, -0.2) is 13.9 Å². The second kappa shape index (κ2) is 8.87. The minimum Gasteiger partial charge on any atom is -0.376 e. The third kappa shape index (κ3) is 5.20. The van der Waals surface area contributed by atoms with Crippen molar-refractivity contribution in [1.82, 2.24) is 30.0 Å². The van der Waals surface area contributed by atoms with Crippen molar-refractivity contribution in [3.05, 3.63) is 30.3 Å². The number of hydrogen-bond donors (Lipinski definition) is 1. The number of tetrazole rings is 1. The average molecular weight is 377 g/mol. The number of benzene rings is 1. The molecule has 2 aromatic rings. The lowest BCUT2D eigenvalue weighted by Gasteiger charge is -2.27. The molecule has 1 atom stereocenters. The average Bonchev–Trinajstić information content (AvgIpc) is 3.34. The molecule has 1 aliphatic heterocycles. The Morgan fingerprint density at radius 1 is 1.41 bits per heavy atom. The minimum absolute atomic E-state index is 0.0234. The molecule has 1 aromatic heterocycles. The lowest BCUT2D eigenvalue weighted by atomic mass is 10.2. The highest BCUT2D eigenvalue weighted by Crippen LogP contribution is 2.20. The summed E-state index contributed by atoms with van der Waals surface area (Å²) in [5.41, 5.74) is 0.630. The van der Waals surface area contributed by atoms with Crippen LogP contribution in [0.25, 0.3) is 5.69 Å². The van der Waals surface area contributed by atoms with Crippen LogP contribution in [0.2, 0.25) is 0 Å². The molecule has 0 aliphatic carbocycles. The maximum atomic E-state index is 14.2. The molecule has 1 fully saturated rings. The Morgan fingerprint density at radius 2 is 2.26 bits per heavy atom. The summed E-state index contributed by atoms with van der Waals surface area (Å²) in [6, 6.07) is 3.95. The highest BCUT2D eigenvalue weighted by atomic mass is 19.1. The van der Waals surface area contributed by atoms with Gasteiger partial charge in [0, 0.05) is 26.2 Å². The van der Waals surface area contributed by atoms with Gasteiger partial charge in [-0.1, -0.05) is 0 Å². The van der Waals surface area contributed by atoms with Crippen LogP contribution in [0.4, 0.5) is 14.9 Å². The van der Waals surface area contributed by atoms with Crippen LogP contribution in [0.5, 0.6) is 0 Å². The molecule has 27 heavy (non-hydrogen) atoms. The highest BCUT2D eigenvalue weighted by molar-refractivity contribution is 5.89. The Kier molecular flexibility index (Phi) is 6.30. The summed E-state index contributed by atoms with van der Waals surface area (Å²) in [5, 5.41) is 13.6. The fourth-order valence-corrected chi connectivity index (χ4v) is 2.86. The molecule has 10 heteroatoms. The smallest absolute Gasteiger partial charge is 0.322 e. The summed E-state index contributed by atoms with van der Waals surface area (Å²) in [5.74, 6) is -0.523. The first-order valence-electron chi connectivity index (χ1n) is 8.88. The van der Waals surface area contributed by atoms with E-state index < -0.39 is 5.82 Å². The lowest BCUT2D eigenvalue weighted by Crippen LogP contribution is -2.43. The second-order valence-electron chi connectivity index (χ2n) is 6.73. The molecule has 0 spiro atoms. The molecule has 0 unspecified atom stereocenters. The van der Waals surface area contributed by atoms with E-state index in [1.54, 1.807) is 4.90 Å². The number of aromatic nitrogens is 4. The third-order valence-electron chi connectivity index (χ3n) is 4.36. The first-order chi connectivity index (χ1) is 13.0. The van der Waals surface area contributed by atoms with Gasteiger partial charge in [0.25, 0.3) is 0 Å². The van der Waals surface area contributed by atoms with Crippen molar-refractivity contribution in [3.8, 4) is 5.69 Å². The molecule has 0 bridgehead atoms. The van der Waals surface area contributed by atoms with E-state index in [2.05, 4.69) is 20.8 Å². The third-order valence-corrected chi connectivity index (χ3v) is 4.36. The topological polar surface area (TPSA) is 88.4 Å². The highest BCUT2D eigenvalue weighted by Gasteiger charge is 2.23. The van der Waals surface area contributed by atoms with Crippen LogP contribution in [0.3, 0.4) is 0 Å². The fraction of sp³-hybridized carbons (Fsp3) is 0.529. The predicted molar refractivity (Wildman–Crippen MR) is 97.2 cm³/mol. The summed E-state index contributed by atoms with van der Waals surface area (Å²) in [6.45, 7) is 2.42. The van der Waals surface area contributed by atoms with Gasteiger partial charge in [-0.05, 0) is 55.6 Å². The number of ether oxygens (including phenoxy) is 1. The molecule has 3 rings (SSSR count). The zero-order chi connectivity index (χ0) is 19.2. The van der Waals surface area contributed by atoms with E-state index in [4.69, 9.17) is 4.74 Å². The van der Waals surface area contributed by atoms with Gasteiger partial charge in [0.1, 0.15) is 12.1 Å². The first-order valence-corrected chi connectivity index (χ1v) is 8.88. The standard InChI is InChI=1S/C17H24FN7O2/c1-23(2)7-8-24(11-14-4-3-9-27-14)17(26)20-16-10-13(5-6-15(16)18)25-12-19-21-22-25/h5-6,10,12,14H,3-4,7-9,11H2,1-2H3,(H,20,26)/t14-/m1/s1. The molecular weight excluding hydrogens is 353 g/mol. The number of hydrogen-bond acceptors (Lipinski definition) is 6. The molecule has 2 amide bonds. The quantitative estimate of drug-likeness (QED) is 0.784. The zero-order valence-electron chi connectivity index (χ0n) is 15.5. The van der Waals surface area contributed by atoms with Crippen molar-refractivity contribution in [2.45, 2.75) is 18.9 Å². The fourth-order valence-electron chi connectivity index (χ4n) is 2.86. The first kappa shape index (κ1) is 19.2. The van der Waals surface area contributed by atoms with Crippen LogP contribution in [-0.4, -0.2) is 82.5 Å². The molecule has 9 nitrogen and oxygen atoms in total. The maximum absolute atomic E-state index is 14.2. The normalized spacial score (nSPS) is 16.7. The number of rotatable bonds is 7. The number of anilines is 1. The van der Waals surface area contributed by atoms with E-state index in [1.165, 1.54) is 29.2 Å². The van der Waals surface area contributed by atoms with Gasteiger partial charge in [0.15, 0.2) is 0 Å². The Morgan fingerprint density at radius 3 is 2.93 bits per heavy atom. The van der Waals surface area contributed by atoms with Crippen molar-refractivity contribution in [1.29, 1.82) is 0 Å². The number of halogens is 1. The molecular formula is C17H24FN7O2. The van der Waals surface area contributed by atoms with Gasteiger partial charge in [-0.2, -0.15) is 0 Å². The molecule has 1 aromatic carbocycles. The Labute approximate surface area is 157 Å². The van der Waals surface area contributed by atoms with Crippen molar-refractivity contribution in [2.24, 2.45) is 0 Å². The van der Waals surface area contributed by atoms with Gasteiger partial charge in [0.2, 0.25) is 0 Å². The molecule has 1 saturated heterocycles. The lowest BCUT2D eigenvalue weighted by molar-refractivity contribution is 0.0820. The van der Waals surface area contributed by atoms with E-state index in [0.29, 0.717) is 25.3 Å². The summed E-state index contributed by atoms with van der Waals surface area (Å²) in [4.78, 5) is 16.5. The van der Waals surface area contributed by atoms with Crippen LogP contribution in [0, 0.1) is 5.82 Å². The minimum atomic E-state index is -0.523. The Hall–Kier alpha value is -2.59. The van der Waals surface area contributed by atoms with E-state index in [9.17, 15) is 9.18 Å². The summed E-state index contributed by atoms with van der Waals surface area (Å²) >= 11 is 0.